The number of likely N-dealkylation sites (N-methyl/N-ethyl adjacent to an activating group) is 1. The number of fused-ring (bicyclic) bond motifs is 1. The maximum atomic E-state index is 12.9. The molecule has 0 radical (unpaired) electrons. The van der Waals surface area contributed by atoms with Gasteiger partial charge < -0.3 is 9.80 Å². The lowest BCUT2D eigenvalue weighted by molar-refractivity contribution is 0.0862. The number of hydrogen-bond acceptors (Lipinski definition) is 4. The third kappa shape index (κ3) is 2.13. The summed E-state index contributed by atoms with van der Waals surface area (Å²) >= 11 is 0. The molecule has 23 heavy (non-hydrogen) atoms. The van der Waals surface area contributed by atoms with Crippen molar-refractivity contribution in [3.8, 4) is 6.07 Å². The van der Waals surface area contributed by atoms with Crippen LogP contribution in [0.25, 0.3) is 10.8 Å². The summed E-state index contributed by atoms with van der Waals surface area (Å²) in [7, 11) is 2.03. The minimum Gasteiger partial charge on any atom is -0.316 e. The molecule has 1 aromatic carbocycles. The number of carbonyl (C=O) groups is 1. The molecule has 2 aliphatic rings. The Morgan fingerprint density at radius 1 is 1.22 bits per heavy atom. The first-order valence-corrected chi connectivity index (χ1v) is 7.70. The van der Waals surface area contributed by atoms with E-state index in [0.29, 0.717) is 6.54 Å². The summed E-state index contributed by atoms with van der Waals surface area (Å²) < 4.78 is 0. The Bertz CT molecular complexity index is 803. The number of carbonyl (C=O) groups excluding carboxylic acids is 1. The molecule has 4 rings (SSSR count). The number of nitriles is 1. The van der Waals surface area contributed by atoms with E-state index in [4.69, 9.17) is 0 Å². The van der Waals surface area contributed by atoms with Gasteiger partial charge in [-0.25, -0.2) is 4.79 Å². The topological polar surface area (TPSA) is 63.5 Å². The summed E-state index contributed by atoms with van der Waals surface area (Å²) in [5.74, 6) is 0. The normalized spacial score (nSPS) is 22.4. The van der Waals surface area contributed by atoms with Crippen molar-refractivity contribution in [1.82, 2.24) is 14.8 Å². The highest BCUT2D eigenvalue weighted by atomic mass is 16.2. The summed E-state index contributed by atoms with van der Waals surface area (Å²) in [6.07, 6.45) is 3.46. The van der Waals surface area contributed by atoms with Crippen molar-refractivity contribution in [2.24, 2.45) is 0 Å². The van der Waals surface area contributed by atoms with Crippen LogP contribution in [0.15, 0.2) is 36.7 Å². The van der Waals surface area contributed by atoms with Crippen molar-refractivity contribution in [2.45, 2.75) is 12.1 Å². The van der Waals surface area contributed by atoms with Crippen LogP contribution in [0.5, 0.6) is 0 Å². The number of urea groups is 1. The molecule has 116 valence electrons. The van der Waals surface area contributed by atoms with Crippen LogP contribution in [0, 0.1) is 11.3 Å². The third-order valence-electron chi connectivity index (χ3n) is 4.67. The monoisotopic (exact) mass is 307 g/mol. The van der Waals surface area contributed by atoms with Gasteiger partial charge in [0.25, 0.3) is 0 Å². The number of benzene rings is 1. The number of nitrogens with zero attached hydrogens (tertiary/aromatic N) is 5. The van der Waals surface area contributed by atoms with E-state index in [1.807, 2.05) is 36.2 Å². The first kappa shape index (κ1) is 14.0. The van der Waals surface area contributed by atoms with E-state index in [1.165, 1.54) is 0 Å². The summed E-state index contributed by atoms with van der Waals surface area (Å²) in [6, 6.07) is 9.73. The Morgan fingerprint density at radius 2 is 2.00 bits per heavy atom. The molecular weight excluding hydrogens is 290 g/mol. The van der Waals surface area contributed by atoms with Crippen molar-refractivity contribution in [3.63, 3.8) is 0 Å². The fourth-order valence-corrected chi connectivity index (χ4v) is 3.45. The van der Waals surface area contributed by atoms with E-state index >= 15 is 0 Å². The molecule has 3 heterocycles. The second-order valence-electron chi connectivity index (χ2n) is 6.20. The minimum atomic E-state index is -0.471. The zero-order valence-electron chi connectivity index (χ0n) is 12.9. The summed E-state index contributed by atoms with van der Waals surface area (Å²) in [6.45, 7) is 2.19. The van der Waals surface area contributed by atoms with Gasteiger partial charge in [-0.2, -0.15) is 5.26 Å². The molecule has 2 saturated heterocycles. The maximum Gasteiger partial charge on any atom is 0.326 e. The fourth-order valence-electron chi connectivity index (χ4n) is 3.45. The first-order valence-electron chi connectivity index (χ1n) is 7.70. The van der Waals surface area contributed by atoms with Gasteiger partial charge in [0.2, 0.25) is 0 Å². The summed E-state index contributed by atoms with van der Waals surface area (Å²) in [5.41, 5.74) is 0.717. The quantitative estimate of drug-likeness (QED) is 0.847. The van der Waals surface area contributed by atoms with Crippen molar-refractivity contribution >= 4 is 22.5 Å². The van der Waals surface area contributed by atoms with E-state index in [0.717, 1.165) is 29.5 Å². The number of likely N-dealkylation sites (tertiary alicyclic amines) is 1. The van der Waals surface area contributed by atoms with Gasteiger partial charge in [0, 0.05) is 30.1 Å². The van der Waals surface area contributed by atoms with Crippen LogP contribution in [0.4, 0.5) is 10.5 Å². The molecule has 6 heteroatoms. The van der Waals surface area contributed by atoms with Crippen molar-refractivity contribution in [3.05, 3.63) is 36.7 Å². The van der Waals surface area contributed by atoms with E-state index in [-0.39, 0.29) is 12.1 Å². The number of amides is 2. The second-order valence-corrected chi connectivity index (χ2v) is 6.20. The lowest BCUT2D eigenvalue weighted by atomic mass is 10.1. The fraction of sp³-hybridized carbons (Fsp3) is 0.353. The summed E-state index contributed by atoms with van der Waals surface area (Å²) in [4.78, 5) is 22.8. The first-order chi connectivity index (χ1) is 11.2. The maximum absolute atomic E-state index is 12.9. The number of anilines is 1. The SMILES string of the molecule is CN1CC(N2CC(C#N)N(c3cncc4ccccc34)C2=O)C1. The van der Waals surface area contributed by atoms with Gasteiger partial charge in [0.1, 0.15) is 6.04 Å². The Balaban J connectivity index is 1.74. The van der Waals surface area contributed by atoms with Crippen LogP contribution < -0.4 is 4.90 Å². The highest BCUT2D eigenvalue weighted by Gasteiger charge is 2.44. The Labute approximate surface area is 134 Å². The van der Waals surface area contributed by atoms with E-state index in [2.05, 4.69) is 16.0 Å². The van der Waals surface area contributed by atoms with Crippen LogP contribution in [0.1, 0.15) is 0 Å². The predicted molar refractivity (Wildman–Crippen MR) is 87.0 cm³/mol. The lowest BCUT2D eigenvalue weighted by Crippen LogP contribution is -2.58. The van der Waals surface area contributed by atoms with Gasteiger partial charge in [-0.3, -0.25) is 9.88 Å². The van der Waals surface area contributed by atoms with Crippen LogP contribution in [-0.4, -0.2) is 59.6 Å². The Kier molecular flexibility index (Phi) is 3.17. The molecule has 0 spiro atoms. The average molecular weight is 307 g/mol. The molecule has 0 bridgehead atoms. The molecule has 2 amide bonds. The van der Waals surface area contributed by atoms with Gasteiger partial charge >= 0.3 is 6.03 Å². The largest absolute Gasteiger partial charge is 0.326 e. The molecule has 0 saturated carbocycles. The number of pyridine rings is 1. The third-order valence-corrected chi connectivity index (χ3v) is 4.67. The molecule has 0 N–H and O–H groups in total. The molecule has 1 atom stereocenters. The highest BCUT2D eigenvalue weighted by Crippen LogP contribution is 2.32. The second kappa shape index (κ2) is 5.21. The van der Waals surface area contributed by atoms with E-state index in [1.54, 1.807) is 17.3 Å². The molecule has 2 fully saturated rings. The van der Waals surface area contributed by atoms with E-state index in [9.17, 15) is 10.1 Å². The van der Waals surface area contributed by atoms with Crippen LogP contribution >= 0.6 is 0 Å². The standard InChI is InChI=1S/C17H17N5O/c1-20-9-14(10-20)21-11-13(6-18)22(17(21)23)16-8-19-7-12-4-2-3-5-15(12)16/h2-5,7-8,13-14H,9-11H2,1H3. The molecule has 1 unspecified atom stereocenters. The lowest BCUT2D eigenvalue weighted by Gasteiger charge is -2.41. The van der Waals surface area contributed by atoms with Crippen molar-refractivity contribution < 1.29 is 4.79 Å². The molecule has 1 aromatic heterocycles. The Hall–Kier alpha value is -2.65. The van der Waals surface area contributed by atoms with Gasteiger partial charge in [0.05, 0.1) is 30.5 Å². The number of hydrogen-bond donors (Lipinski definition) is 0. The molecule has 6 nitrogen and oxygen atoms in total. The number of rotatable bonds is 2. The molecule has 2 aliphatic heterocycles. The number of aromatic nitrogens is 1. The highest BCUT2D eigenvalue weighted by molar-refractivity contribution is 6.04. The van der Waals surface area contributed by atoms with Crippen molar-refractivity contribution in [1.29, 1.82) is 5.26 Å². The average Bonchev–Trinajstić information content (AvgIpc) is 2.87. The zero-order chi connectivity index (χ0) is 16.0. The van der Waals surface area contributed by atoms with Gasteiger partial charge in [-0.1, -0.05) is 24.3 Å². The smallest absolute Gasteiger partial charge is 0.316 e. The van der Waals surface area contributed by atoms with Crippen molar-refractivity contribution in [2.75, 3.05) is 31.6 Å². The van der Waals surface area contributed by atoms with Gasteiger partial charge in [-0.05, 0) is 7.05 Å². The van der Waals surface area contributed by atoms with Gasteiger partial charge in [0.15, 0.2) is 0 Å². The van der Waals surface area contributed by atoms with Crippen LogP contribution in [-0.2, 0) is 0 Å². The van der Waals surface area contributed by atoms with Crippen LogP contribution in [0.3, 0.4) is 0 Å². The molecule has 0 aliphatic carbocycles. The van der Waals surface area contributed by atoms with Gasteiger partial charge in [-0.15, -0.1) is 0 Å². The molecule has 2 aromatic rings. The predicted octanol–water partition coefficient (Wildman–Crippen LogP) is 1.68. The van der Waals surface area contributed by atoms with E-state index < -0.39 is 6.04 Å². The van der Waals surface area contributed by atoms with Crippen LogP contribution in [0.2, 0.25) is 0 Å². The Morgan fingerprint density at radius 3 is 2.74 bits per heavy atom. The minimum absolute atomic E-state index is 0.0900. The summed E-state index contributed by atoms with van der Waals surface area (Å²) in [5, 5.41) is 11.4. The zero-order valence-corrected chi connectivity index (χ0v) is 12.9. The molecular formula is C17H17N5O.